The molecule has 16 heteroatoms. The van der Waals surface area contributed by atoms with Crippen LogP contribution in [0, 0.1) is 0 Å². The molecule has 2 aliphatic rings. The molecule has 0 saturated carbocycles. The van der Waals surface area contributed by atoms with Gasteiger partial charge in [0.15, 0.2) is 0 Å². The highest BCUT2D eigenvalue weighted by atomic mass is 19.4. The van der Waals surface area contributed by atoms with Crippen LogP contribution in [0.25, 0.3) is 44.3 Å². The van der Waals surface area contributed by atoms with E-state index in [0.29, 0.717) is 0 Å². The molecule has 5 aromatic rings. The summed E-state index contributed by atoms with van der Waals surface area (Å²) < 4.78 is 63.5. The summed E-state index contributed by atoms with van der Waals surface area (Å²) >= 11 is 0. The van der Waals surface area contributed by atoms with Crippen LogP contribution in [0.5, 0.6) is 0 Å². The third-order valence-electron chi connectivity index (χ3n) is 7.58. The SMILES string of the molecule is O=C(O)C(F)(F)F.O=C(O)C(F)(F)F.c1cc2cc(-c3ccc(-c4cc5ccc(C6=NCCCN6)cc5[nH]4)cc3)[nH]c2cc1C1=NCCCN1. The Balaban J connectivity index is 0.000000295. The average molecular weight is 701 g/mol. The van der Waals surface area contributed by atoms with Gasteiger partial charge >= 0.3 is 24.3 Å². The number of hydrogen-bond donors (Lipinski definition) is 6. The molecule has 0 radical (unpaired) electrons. The van der Waals surface area contributed by atoms with Gasteiger partial charge in [-0.3, -0.25) is 9.98 Å². The highest BCUT2D eigenvalue weighted by molar-refractivity contribution is 6.03. The molecule has 0 saturated heterocycles. The summed E-state index contributed by atoms with van der Waals surface area (Å²) in [5.74, 6) is -3.52. The fraction of sp³-hybridized carbons (Fsp3) is 0.235. The summed E-state index contributed by atoms with van der Waals surface area (Å²) in [4.78, 5) is 34.3. The molecule has 0 unspecified atom stereocenters. The lowest BCUT2D eigenvalue weighted by molar-refractivity contribution is -0.193. The molecule has 0 bridgehead atoms. The lowest BCUT2D eigenvalue weighted by Crippen LogP contribution is -2.30. The van der Waals surface area contributed by atoms with E-state index in [1.54, 1.807) is 0 Å². The van der Waals surface area contributed by atoms with Crippen molar-refractivity contribution in [1.82, 2.24) is 20.6 Å². The Labute approximate surface area is 280 Å². The summed E-state index contributed by atoms with van der Waals surface area (Å²) in [6.45, 7) is 3.77. The van der Waals surface area contributed by atoms with Gasteiger partial charge in [-0.15, -0.1) is 0 Å². The van der Waals surface area contributed by atoms with Gasteiger partial charge < -0.3 is 30.8 Å². The minimum atomic E-state index is -5.08. The van der Waals surface area contributed by atoms with E-state index in [9.17, 15) is 26.3 Å². The molecule has 0 amide bonds. The normalized spacial score (nSPS) is 14.6. The summed E-state index contributed by atoms with van der Waals surface area (Å²) in [7, 11) is 0. The van der Waals surface area contributed by atoms with Gasteiger partial charge in [0.1, 0.15) is 11.7 Å². The van der Waals surface area contributed by atoms with Crippen molar-refractivity contribution in [1.29, 1.82) is 0 Å². The maximum atomic E-state index is 10.6. The zero-order valence-corrected chi connectivity index (χ0v) is 26.0. The number of amidine groups is 2. The quantitative estimate of drug-likeness (QED) is 0.114. The first-order valence-corrected chi connectivity index (χ1v) is 15.2. The molecule has 10 nitrogen and oxygen atoms in total. The fourth-order valence-corrected chi connectivity index (χ4v) is 5.14. The number of alkyl halides is 6. The Bertz CT molecular complexity index is 1920. The number of aliphatic carboxylic acids is 2. The van der Waals surface area contributed by atoms with E-state index in [0.717, 1.165) is 84.2 Å². The second-order valence-electron chi connectivity index (χ2n) is 11.2. The van der Waals surface area contributed by atoms with Crippen molar-refractivity contribution in [2.75, 3.05) is 26.2 Å². The second kappa shape index (κ2) is 14.8. The van der Waals surface area contributed by atoms with Crippen LogP contribution < -0.4 is 10.6 Å². The van der Waals surface area contributed by atoms with Gasteiger partial charge in [0.25, 0.3) is 0 Å². The number of carbonyl (C=O) groups is 2. The molecule has 6 N–H and O–H groups in total. The number of aromatic nitrogens is 2. The maximum Gasteiger partial charge on any atom is 0.490 e. The number of carboxylic acids is 2. The van der Waals surface area contributed by atoms with Crippen molar-refractivity contribution in [3.63, 3.8) is 0 Å². The molecule has 0 spiro atoms. The number of nitrogens with zero attached hydrogens (tertiary/aromatic N) is 2. The lowest BCUT2D eigenvalue weighted by atomic mass is 10.1. The van der Waals surface area contributed by atoms with Gasteiger partial charge in [-0.25, -0.2) is 9.59 Å². The molecule has 0 fully saturated rings. The Morgan fingerprint density at radius 1 is 0.560 bits per heavy atom. The van der Waals surface area contributed by atoms with Crippen molar-refractivity contribution >= 4 is 45.4 Å². The molecule has 262 valence electrons. The number of carboxylic acid groups (broad SMARTS) is 2. The molecule has 50 heavy (non-hydrogen) atoms. The van der Waals surface area contributed by atoms with E-state index < -0.39 is 24.3 Å². The fourth-order valence-electron chi connectivity index (χ4n) is 5.14. The van der Waals surface area contributed by atoms with E-state index in [2.05, 4.69) is 103 Å². The van der Waals surface area contributed by atoms with E-state index >= 15 is 0 Å². The van der Waals surface area contributed by atoms with E-state index in [4.69, 9.17) is 19.8 Å². The third kappa shape index (κ3) is 8.80. The molecule has 0 aliphatic carbocycles. The molecule has 7 rings (SSSR count). The Hall–Kier alpha value is -5.80. The van der Waals surface area contributed by atoms with Crippen LogP contribution in [0.2, 0.25) is 0 Å². The topological polar surface area (TPSA) is 155 Å². The van der Waals surface area contributed by atoms with Crippen LogP contribution in [0.1, 0.15) is 24.0 Å². The molecular weight excluding hydrogens is 670 g/mol. The van der Waals surface area contributed by atoms with Crippen LogP contribution >= 0.6 is 0 Å². The van der Waals surface area contributed by atoms with E-state index in [1.807, 2.05) is 0 Å². The van der Waals surface area contributed by atoms with Gasteiger partial charge in [-0.2, -0.15) is 26.3 Å². The summed E-state index contributed by atoms with van der Waals surface area (Å²) in [5.41, 5.74) is 9.12. The van der Waals surface area contributed by atoms with E-state index in [-0.39, 0.29) is 0 Å². The number of fused-ring (bicyclic) bond motifs is 2. The highest BCUT2D eigenvalue weighted by Gasteiger charge is 2.38. The minimum absolute atomic E-state index is 0.896. The zero-order valence-electron chi connectivity index (χ0n) is 26.0. The summed E-state index contributed by atoms with van der Waals surface area (Å²) in [6.07, 6.45) is -7.97. The van der Waals surface area contributed by atoms with Crippen molar-refractivity contribution in [3.8, 4) is 22.5 Å². The standard InChI is InChI=1S/C30H28N6.2C2HF3O2/c1-11-31-29(32-12-1)23-9-7-21-15-25(35-27(21)17-23)19-3-5-20(6-4-19)26-16-22-8-10-24(18-28(22)36-26)30-33-13-2-14-34-30;2*3-2(4,5)1(6)7/h3-10,15-18,35-36H,1-2,11-14H2,(H,31,32)(H,33,34);2*(H,6,7). The minimum Gasteiger partial charge on any atom is -0.475 e. The van der Waals surface area contributed by atoms with Gasteiger partial charge in [-0.1, -0.05) is 48.5 Å². The lowest BCUT2D eigenvalue weighted by Gasteiger charge is -2.14. The molecule has 2 aromatic heterocycles. The number of rotatable bonds is 4. The smallest absolute Gasteiger partial charge is 0.475 e. The average Bonchev–Trinajstić information content (AvgIpc) is 3.73. The summed E-state index contributed by atoms with van der Waals surface area (Å²) in [5, 5.41) is 23.5. The van der Waals surface area contributed by atoms with E-state index in [1.165, 1.54) is 21.9 Å². The number of aliphatic imine (C=N–C) groups is 2. The van der Waals surface area contributed by atoms with Gasteiger partial charge in [-0.05, 0) is 48.2 Å². The zero-order chi connectivity index (χ0) is 36.1. The van der Waals surface area contributed by atoms with Crippen molar-refractivity contribution in [2.45, 2.75) is 25.2 Å². The van der Waals surface area contributed by atoms with Crippen LogP contribution in [-0.2, 0) is 9.59 Å². The Morgan fingerprint density at radius 3 is 1.20 bits per heavy atom. The number of halogens is 6. The predicted molar refractivity (Wildman–Crippen MR) is 176 cm³/mol. The van der Waals surface area contributed by atoms with Crippen LogP contribution in [-0.4, -0.2) is 82.3 Å². The Morgan fingerprint density at radius 2 is 0.900 bits per heavy atom. The first kappa shape index (κ1) is 35.5. The number of benzene rings is 3. The van der Waals surface area contributed by atoms with Crippen molar-refractivity contribution < 1.29 is 46.1 Å². The van der Waals surface area contributed by atoms with Crippen molar-refractivity contribution in [2.24, 2.45) is 9.98 Å². The third-order valence-corrected chi connectivity index (χ3v) is 7.58. The number of hydrogen-bond acceptors (Lipinski definition) is 6. The maximum absolute atomic E-state index is 10.6. The molecule has 4 heterocycles. The van der Waals surface area contributed by atoms with Gasteiger partial charge in [0.2, 0.25) is 0 Å². The van der Waals surface area contributed by atoms with Crippen LogP contribution in [0.3, 0.4) is 0 Å². The Kier molecular flexibility index (Phi) is 10.5. The van der Waals surface area contributed by atoms with Gasteiger partial charge in [0, 0.05) is 70.5 Å². The predicted octanol–water partition coefficient (Wildman–Crippen LogP) is 6.73. The van der Waals surface area contributed by atoms with Gasteiger partial charge in [0.05, 0.1) is 0 Å². The molecule has 3 aromatic carbocycles. The molecule has 2 aliphatic heterocycles. The molecular formula is C34H30F6N6O4. The highest BCUT2D eigenvalue weighted by Crippen LogP contribution is 2.29. The van der Waals surface area contributed by atoms with Crippen LogP contribution in [0.4, 0.5) is 26.3 Å². The van der Waals surface area contributed by atoms with Crippen molar-refractivity contribution in [3.05, 3.63) is 83.9 Å². The summed E-state index contributed by atoms with van der Waals surface area (Å²) in [6, 6.07) is 26.2. The number of aromatic amines is 2. The largest absolute Gasteiger partial charge is 0.490 e. The first-order chi connectivity index (χ1) is 23.7. The molecule has 0 atom stereocenters. The monoisotopic (exact) mass is 700 g/mol. The van der Waals surface area contributed by atoms with Crippen LogP contribution in [0.15, 0.2) is 82.8 Å². The second-order valence-corrected chi connectivity index (χ2v) is 11.2. The first-order valence-electron chi connectivity index (χ1n) is 15.2. The number of H-pyrrole nitrogens is 2. The number of nitrogens with one attached hydrogen (secondary N) is 4.